The zero-order valence-corrected chi connectivity index (χ0v) is 11.2. The molecule has 22 heavy (non-hydrogen) atoms. The van der Waals surface area contributed by atoms with E-state index in [1.807, 2.05) is 10.9 Å². The molecule has 0 unspecified atom stereocenters. The Morgan fingerprint density at radius 2 is 1.91 bits per heavy atom. The summed E-state index contributed by atoms with van der Waals surface area (Å²) in [5.74, 6) is 8.33. The number of aliphatic hydroxyl groups excluding tert-OH is 3. The van der Waals surface area contributed by atoms with E-state index in [0.29, 0.717) is 0 Å². The maximum absolute atomic E-state index is 11.9. The Labute approximate surface area is 123 Å². The average Bonchev–Trinajstić information content (AvgIpc) is 3.08. The molecule has 2 amide bonds. The van der Waals surface area contributed by atoms with Gasteiger partial charge in [0.15, 0.2) is 11.9 Å². The summed E-state index contributed by atoms with van der Waals surface area (Å²) >= 11 is 0. The molecule has 0 bridgehead atoms. The summed E-state index contributed by atoms with van der Waals surface area (Å²) in [6.45, 7) is -0.544. The third-order valence-electron chi connectivity index (χ3n) is 3.28. The average molecular weight is 316 g/mol. The molecule has 4 atom stereocenters. The molecule has 0 radical (unpaired) electrons. The van der Waals surface area contributed by atoms with E-state index in [-0.39, 0.29) is 11.4 Å². The van der Waals surface area contributed by atoms with E-state index in [4.69, 9.17) is 21.5 Å². The standard InChI is InChI=1S/C10H16N6O6/c11-14-8(20)4-5(9(21)15-12)16(2-13-4)10-7(19)6(18)3(1-17)22-10/h2-3,6-7,10,17-19H,1,11-12H2,(H,14,20)(H,15,21)/t3-,6-,7-,10-/m0/s1. The van der Waals surface area contributed by atoms with Crippen LogP contribution < -0.4 is 22.5 Å². The van der Waals surface area contributed by atoms with Crippen LogP contribution in [-0.4, -0.2) is 61.6 Å². The molecule has 0 aromatic carbocycles. The molecule has 1 aromatic heterocycles. The molecule has 1 aliphatic rings. The quantitative estimate of drug-likeness (QED) is 0.163. The molecule has 12 nitrogen and oxygen atoms in total. The van der Waals surface area contributed by atoms with Crippen LogP contribution >= 0.6 is 0 Å². The van der Waals surface area contributed by atoms with Gasteiger partial charge in [-0.2, -0.15) is 0 Å². The SMILES string of the molecule is NNC(=O)c1ncn([C@H]2O[C@@H](CO)[C@H](O)[C@@H]2O)c1C(=O)NN. The zero-order valence-electron chi connectivity index (χ0n) is 11.2. The van der Waals surface area contributed by atoms with Gasteiger partial charge in [0.05, 0.1) is 12.9 Å². The fraction of sp³-hybridized carbons (Fsp3) is 0.500. The van der Waals surface area contributed by atoms with Crippen molar-refractivity contribution in [3.05, 3.63) is 17.7 Å². The number of nitrogens with one attached hydrogen (secondary N) is 2. The Morgan fingerprint density at radius 3 is 2.41 bits per heavy atom. The third kappa shape index (κ3) is 2.54. The lowest BCUT2D eigenvalue weighted by molar-refractivity contribution is -0.0535. The van der Waals surface area contributed by atoms with Crippen molar-refractivity contribution in [1.82, 2.24) is 20.4 Å². The van der Waals surface area contributed by atoms with Gasteiger partial charge in [0.25, 0.3) is 11.8 Å². The Balaban J connectivity index is 2.45. The smallest absolute Gasteiger partial charge is 0.286 e. The molecule has 1 aromatic rings. The van der Waals surface area contributed by atoms with Crippen molar-refractivity contribution < 1.29 is 29.6 Å². The minimum Gasteiger partial charge on any atom is -0.394 e. The van der Waals surface area contributed by atoms with Crippen LogP contribution in [0.2, 0.25) is 0 Å². The van der Waals surface area contributed by atoms with Gasteiger partial charge in [-0.15, -0.1) is 0 Å². The highest BCUT2D eigenvalue weighted by atomic mass is 16.6. The summed E-state index contributed by atoms with van der Waals surface area (Å²) in [4.78, 5) is 27.2. The molecule has 2 heterocycles. The van der Waals surface area contributed by atoms with Gasteiger partial charge < -0.3 is 20.1 Å². The van der Waals surface area contributed by atoms with Crippen LogP contribution in [0.3, 0.4) is 0 Å². The zero-order chi connectivity index (χ0) is 16.4. The van der Waals surface area contributed by atoms with Gasteiger partial charge in [-0.3, -0.25) is 25.0 Å². The van der Waals surface area contributed by atoms with E-state index in [2.05, 4.69) is 4.98 Å². The Bertz CT molecular complexity index is 576. The van der Waals surface area contributed by atoms with Crippen molar-refractivity contribution in [1.29, 1.82) is 0 Å². The first kappa shape index (κ1) is 16.3. The second kappa shape index (κ2) is 6.35. The number of aromatic nitrogens is 2. The van der Waals surface area contributed by atoms with Crippen molar-refractivity contribution in [2.24, 2.45) is 11.7 Å². The number of aliphatic hydroxyl groups is 3. The van der Waals surface area contributed by atoms with Gasteiger partial charge in [-0.25, -0.2) is 16.7 Å². The lowest BCUT2D eigenvalue weighted by atomic mass is 10.1. The number of ether oxygens (including phenoxy) is 1. The van der Waals surface area contributed by atoms with Crippen LogP contribution in [-0.2, 0) is 4.74 Å². The Morgan fingerprint density at radius 1 is 1.27 bits per heavy atom. The predicted molar refractivity (Wildman–Crippen MR) is 68.5 cm³/mol. The largest absolute Gasteiger partial charge is 0.394 e. The summed E-state index contributed by atoms with van der Waals surface area (Å²) in [7, 11) is 0. The molecule has 0 spiro atoms. The van der Waals surface area contributed by atoms with Crippen molar-refractivity contribution in [2.45, 2.75) is 24.5 Å². The van der Waals surface area contributed by atoms with Crippen molar-refractivity contribution in [2.75, 3.05) is 6.61 Å². The van der Waals surface area contributed by atoms with Gasteiger partial charge >= 0.3 is 0 Å². The summed E-state index contributed by atoms with van der Waals surface area (Å²) in [6, 6.07) is 0. The number of imidazole rings is 1. The first-order valence-electron chi connectivity index (χ1n) is 6.17. The van der Waals surface area contributed by atoms with Gasteiger partial charge in [-0.1, -0.05) is 0 Å². The van der Waals surface area contributed by atoms with E-state index in [9.17, 15) is 19.8 Å². The van der Waals surface area contributed by atoms with Crippen LogP contribution in [0.5, 0.6) is 0 Å². The van der Waals surface area contributed by atoms with Crippen molar-refractivity contribution in [3.63, 3.8) is 0 Å². The number of rotatable bonds is 4. The third-order valence-corrected chi connectivity index (χ3v) is 3.28. The minimum absolute atomic E-state index is 0.319. The minimum atomic E-state index is -1.45. The lowest BCUT2D eigenvalue weighted by Gasteiger charge is -2.18. The first-order chi connectivity index (χ1) is 10.5. The molecule has 2 rings (SSSR count). The summed E-state index contributed by atoms with van der Waals surface area (Å²) in [5.41, 5.74) is 2.98. The molecular formula is C10H16N6O6. The van der Waals surface area contributed by atoms with Crippen LogP contribution in [0.25, 0.3) is 0 Å². The maximum Gasteiger partial charge on any atom is 0.286 e. The van der Waals surface area contributed by atoms with E-state index in [1.165, 1.54) is 0 Å². The second-order valence-corrected chi connectivity index (χ2v) is 4.52. The van der Waals surface area contributed by atoms with Gasteiger partial charge in [-0.05, 0) is 0 Å². The van der Waals surface area contributed by atoms with Crippen LogP contribution in [0.1, 0.15) is 27.2 Å². The number of carbonyl (C=O) groups is 2. The molecular weight excluding hydrogens is 300 g/mol. The second-order valence-electron chi connectivity index (χ2n) is 4.52. The topological polar surface area (TPSA) is 198 Å². The molecule has 12 heteroatoms. The first-order valence-corrected chi connectivity index (χ1v) is 6.17. The number of hydrogen-bond acceptors (Lipinski definition) is 9. The number of nitrogens with zero attached hydrogens (tertiary/aromatic N) is 2. The van der Waals surface area contributed by atoms with E-state index >= 15 is 0 Å². The van der Waals surface area contributed by atoms with Gasteiger partial charge in [0, 0.05) is 0 Å². The highest BCUT2D eigenvalue weighted by molar-refractivity contribution is 6.04. The Kier molecular flexibility index (Phi) is 4.70. The fourth-order valence-corrected chi connectivity index (χ4v) is 2.19. The molecule has 0 saturated carbocycles. The maximum atomic E-state index is 11.9. The van der Waals surface area contributed by atoms with Crippen LogP contribution in [0, 0.1) is 0 Å². The molecule has 0 aliphatic carbocycles. The number of carbonyl (C=O) groups excluding carboxylic acids is 2. The highest BCUT2D eigenvalue weighted by Gasteiger charge is 2.45. The molecule has 9 N–H and O–H groups in total. The van der Waals surface area contributed by atoms with Gasteiger partial charge in [0.1, 0.15) is 24.0 Å². The molecule has 1 aliphatic heterocycles. The summed E-state index contributed by atoms with van der Waals surface area (Å²) in [5, 5.41) is 28.8. The predicted octanol–water partition coefficient (Wildman–Crippen LogP) is -4.30. The molecule has 1 saturated heterocycles. The summed E-state index contributed by atoms with van der Waals surface area (Å²) < 4.78 is 6.30. The number of hydrogen-bond donors (Lipinski definition) is 7. The van der Waals surface area contributed by atoms with E-state index in [0.717, 1.165) is 10.9 Å². The number of nitrogen functional groups attached to an aromatic ring is 2. The lowest BCUT2D eigenvalue weighted by Crippen LogP contribution is -2.38. The molecule has 122 valence electrons. The number of hydrazine groups is 2. The van der Waals surface area contributed by atoms with Crippen LogP contribution in [0.4, 0.5) is 0 Å². The van der Waals surface area contributed by atoms with Gasteiger partial charge in [0.2, 0.25) is 0 Å². The fourth-order valence-electron chi connectivity index (χ4n) is 2.19. The number of amides is 2. The van der Waals surface area contributed by atoms with Crippen molar-refractivity contribution >= 4 is 11.8 Å². The summed E-state index contributed by atoms with van der Waals surface area (Å²) in [6.07, 6.45) is -4.08. The molecule has 1 fully saturated rings. The monoisotopic (exact) mass is 316 g/mol. The van der Waals surface area contributed by atoms with Crippen molar-refractivity contribution in [3.8, 4) is 0 Å². The number of nitrogens with two attached hydrogens (primary N) is 2. The van der Waals surface area contributed by atoms with E-state index < -0.39 is 43.0 Å². The van der Waals surface area contributed by atoms with Crippen LogP contribution in [0.15, 0.2) is 6.33 Å². The Hall–Kier alpha value is -2.09. The normalized spacial score (nSPS) is 27.7. The highest BCUT2D eigenvalue weighted by Crippen LogP contribution is 2.30. The van der Waals surface area contributed by atoms with E-state index in [1.54, 1.807) is 0 Å².